The molecule has 8 heteroatoms. The van der Waals surface area contributed by atoms with E-state index in [-0.39, 0.29) is 24.1 Å². The van der Waals surface area contributed by atoms with Crippen LogP contribution in [0.5, 0.6) is 0 Å². The minimum Gasteiger partial charge on any atom is -0.462 e. The number of hydrogen-bond acceptors (Lipinski definition) is 8. The number of carbonyl (C=O) groups is 4. The zero-order chi connectivity index (χ0) is 25.3. The van der Waals surface area contributed by atoms with Crippen molar-refractivity contribution in [3.05, 3.63) is 70.8 Å². The Kier molecular flexibility index (Phi) is 13.7. The van der Waals surface area contributed by atoms with Crippen LogP contribution in [0.2, 0.25) is 0 Å². The van der Waals surface area contributed by atoms with Crippen LogP contribution in [0.15, 0.2) is 48.5 Å². The molecule has 0 N–H and O–H groups in total. The molecule has 0 fully saturated rings. The van der Waals surface area contributed by atoms with Crippen LogP contribution in [0.1, 0.15) is 68.1 Å². The lowest BCUT2D eigenvalue weighted by atomic mass is 10.1. The first kappa shape index (κ1) is 28.7. The predicted molar refractivity (Wildman–Crippen MR) is 126 cm³/mol. The van der Waals surface area contributed by atoms with Gasteiger partial charge in [0, 0.05) is 32.0 Å². The summed E-state index contributed by atoms with van der Waals surface area (Å²) in [6.45, 7) is 4.62. The summed E-state index contributed by atoms with van der Waals surface area (Å²) in [4.78, 5) is 45.1. The number of benzene rings is 2. The van der Waals surface area contributed by atoms with Gasteiger partial charge in [-0.05, 0) is 51.0 Å². The summed E-state index contributed by atoms with van der Waals surface area (Å²) in [6.07, 6.45) is 1.65. The molecule has 0 saturated carbocycles. The first-order valence-electron chi connectivity index (χ1n) is 10.8. The van der Waals surface area contributed by atoms with Gasteiger partial charge in [0.15, 0.2) is 11.6 Å². The van der Waals surface area contributed by atoms with Crippen LogP contribution < -0.4 is 0 Å². The molecule has 2 aromatic carbocycles. The van der Waals surface area contributed by atoms with Crippen molar-refractivity contribution in [2.75, 3.05) is 40.6 Å². The Labute approximate surface area is 200 Å². The summed E-state index contributed by atoms with van der Waals surface area (Å²) >= 11 is 0. The van der Waals surface area contributed by atoms with Gasteiger partial charge in [-0.3, -0.25) is 9.59 Å². The van der Waals surface area contributed by atoms with Crippen LogP contribution >= 0.6 is 0 Å². The number of esters is 2. The van der Waals surface area contributed by atoms with Gasteiger partial charge in [-0.25, -0.2) is 9.59 Å². The number of rotatable bonds is 12. The second-order valence-electron chi connectivity index (χ2n) is 7.23. The van der Waals surface area contributed by atoms with Crippen molar-refractivity contribution in [1.82, 2.24) is 0 Å². The summed E-state index contributed by atoms with van der Waals surface area (Å²) in [5.41, 5.74) is 2.06. The monoisotopic (exact) mass is 472 g/mol. The van der Waals surface area contributed by atoms with Gasteiger partial charge in [-0.2, -0.15) is 0 Å². The maximum absolute atomic E-state index is 11.6. The Balaban J connectivity index is 0.000000342. The average molecular weight is 473 g/mol. The third kappa shape index (κ3) is 11.0. The van der Waals surface area contributed by atoms with Crippen LogP contribution in [0, 0.1) is 0 Å². The first-order valence-corrected chi connectivity index (χ1v) is 10.8. The Morgan fingerprint density at radius 1 is 0.529 bits per heavy atom. The molecule has 0 aliphatic heterocycles. The van der Waals surface area contributed by atoms with Gasteiger partial charge in [0.05, 0.1) is 24.3 Å². The lowest BCUT2D eigenvalue weighted by Gasteiger charge is -2.05. The third-order valence-electron chi connectivity index (χ3n) is 4.55. The molecule has 0 amide bonds. The Bertz CT molecular complexity index is 917. The number of unbranched alkanes of at least 4 members (excludes halogenated alkanes) is 1. The van der Waals surface area contributed by atoms with E-state index in [1.165, 1.54) is 21.0 Å². The second-order valence-corrected chi connectivity index (χ2v) is 7.23. The summed E-state index contributed by atoms with van der Waals surface area (Å²) < 4.78 is 19.7. The summed E-state index contributed by atoms with van der Waals surface area (Å²) in [5, 5.41) is 0. The SMILES string of the molecule is COCCCCOC(=O)c1ccc(C(C)=O)cc1.COCCOC(=O)c1ccc(C(C)=O)cc1. The third-order valence-corrected chi connectivity index (χ3v) is 4.55. The largest absolute Gasteiger partial charge is 0.462 e. The van der Waals surface area contributed by atoms with Gasteiger partial charge in [0.25, 0.3) is 0 Å². The van der Waals surface area contributed by atoms with E-state index in [9.17, 15) is 19.2 Å². The van der Waals surface area contributed by atoms with Crippen molar-refractivity contribution in [2.24, 2.45) is 0 Å². The molecular weight excluding hydrogens is 440 g/mol. The molecule has 8 nitrogen and oxygen atoms in total. The molecular formula is C26H32O8. The highest BCUT2D eigenvalue weighted by Gasteiger charge is 2.08. The molecule has 0 radical (unpaired) electrons. The van der Waals surface area contributed by atoms with Gasteiger partial charge < -0.3 is 18.9 Å². The van der Waals surface area contributed by atoms with E-state index >= 15 is 0 Å². The molecule has 0 spiro atoms. The Morgan fingerprint density at radius 3 is 1.26 bits per heavy atom. The number of methoxy groups -OCH3 is 2. The quantitative estimate of drug-likeness (QED) is 0.258. The lowest BCUT2D eigenvalue weighted by Crippen LogP contribution is -2.10. The van der Waals surface area contributed by atoms with Crippen molar-refractivity contribution < 1.29 is 38.1 Å². The summed E-state index contributed by atoms with van der Waals surface area (Å²) in [6, 6.07) is 12.8. The minimum absolute atomic E-state index is 0.0190. The van der Waals surface area contributed by atoms with Crippen molar-refractivity contribution in [3.63, 3.8) is 0 Å². The molecule has 0 aliphatic carbocycles. The molecule has 0 unspecified atom stereocenters. The normalized spacial score (nSPS) is 10.0. The highest BCUT2D eigenvalue weighted by atomic mass is 16.6. The topological polar surface area (TPSA) is 105 Å². The molecule has 0 heterocycles. The summed E-state index contributed by atoms with van der Waals surface area (Å²) in [5.74, 6) is -0.816. The van der Waals surface area contributed by atoms with Crippen LogP contribution in [0.3, 0.4) is 0 Å². The maximum atomic E-state index is 11.6. The number of Topliss-reactive ketones (excluding diaryl/α,β-unsaturated/α-hetero) is 2. The van der Waals surface area contributed by atoms with Crippen molar-refractivity contribution >= 4 is 23.5 Å². The van der Waals surface area contributed by atoms with Gasteiger partial charge in [0.2, 0.25) is 0 Å². The van der Waals surface area contributed by atoms with Gasteiger partial charge in [0.1, 0.15) is 6.61 Å². The molecule has 34 heavy (non-hydrogen) atoms. The first-order chi connectivity index (χ1) is 16.3. The highest BCUT2D eigenvalue weighted by molar-refractivity contribution is 5.96. The Morgan fingerprint density at radius 2 is 0.882 bits per heavy atom. The van der Waals surface area contributed by atoms with E-state index in [0.29, 0.717) is 42.1 Å². The molecule has 184 valence electrons. The number of ether oxygens (including phenoxy) is 4. The van der Waals surface area contributed by atoms with Crippen molar-refractivity contribution in [2.45, 2.75) is 26.7 Å². The smallest absolute Gasteiger partial charge is 0.338 e. The zero-order valence-electron chi connectivity index (χ0n) is 20.1. The fourth-order valence-electron chi connectivity index (χ4n) is 2.58. The van der Waals surface area contributed by atoms with E-state index < -0.39 is 5.97 Å². The van der Waals surface area contributed by atoms with Crippen LogP contribution in [-0.2, 0) is 18.9 Å². The summed E-state index contributed by atoms with van der Waals surface area (Å²) in [7, 11) is 3.18. The highest BCUT2D eigenvalue weighted by Crippen LogP contribution is 2.08. The van der Waals surface area contributed by atoms with Gasteiger partial charge in [-0.15, -0.1) is 0 Å². The fourth-order valence-corrected chi connectivity index (χ4v) is 2.58. The molecule has 0 bridgehead atoms. The van der Waals surface area contributed by atoms with Crippen LogP contribution in [0.25, 0.3) is 0 Å². The van der Waals surface area contributed by atoms with E-state index in [1.807, 2.05) is 0 Å². The zero-order valence-corrected chi connectivity index (χ0v) is 20.1. The molecule has 2 rings (SSSR count). The minimum atomic E-state index is -0.410. The van der Waals surface area contributed by atoms with E-state index in [4.69, 9.17) is 18.9 Å². The standard InChI is InChI=1S/C14H18O4.C12H14O4/c1-11(15)12-5-7-13(8-6-12)14(16)18-10-4-3-9-17-2;1-9(13)10-3-5-11(6-4-10)12(14)16-8-7-15-2/h5-8H,3-4,9-10H2,1-2H3;3-6H,7-8H2,1-2H3. The molecule has 0 aromatic heterocycles. The van der Waals surface area contributed by atoms with E-state index in [0.717, 1.165) is 12.8 Å². The maximum Gasteiger partial charge on any atom is 0.338 e. The van der Waals surface area contributed by atoms with E-state index in [2.05, 4.69) is 0 Å². The van der Waals surface area contributed by atoms with Gasteiger partial charge in [-0.1, -0.05) is 24.3 Å². The number of hydrogen-bond donors (Lipinski definition) is 0. The van der Waals surface area contributed by atoms with Crippen molar-refractivity contribution in [1.29, 1.82) is 0 Å². The van der Waals surface area contributed by atoms with Crippen LogP contribution in [-0.4, -0.2) is 64.2 Å². The lowest BCUT2D eigenvalue weighted by molar-refractivity contribution is 0.0387. The number of carbonyl (C=O) groups excluding carboxylic acids is 4. The van der Waals surface area contributed by atoms with E-state index in [1.54, 1.807) is 55.6 Å². The van der Waals surface area contributed by atoms with Gasteiger partial charge >= 0.3 is 11.9 Å². The average Bonchev–Trinajstić information content (AvgIpc) is 2.84. The fraction of sp³-hybridized carbons (Fsp3) is 0.385. The molecule has 0 atom stereocenters. The van der Waals surface area contributed by atoms with Crippen LogP contribution in [0.4, 0.5) is 0 Å². The molecule has 2 aromatic rings. The number of ketones is 2. The second kappa shape index (κ2) is 16.3. The predicted octanol–water partition coefficient (Wildman–Crippen LogP) is 4.17. The molecule has 0 saturated heterocycles. The molecule has 0 aliphatic rings. The Hall–Kier alpha value is -3.36. The van der Waals surface area contributed by atoms with Crippen molar-refractivity contribution in [3.8, 4) is 0 Å².